The number of fused-ring (bicyclic) bond motifs is 1. The van der Waals surface area contributed by atoms with Crippen LogP contribution in [0.1, 0.15) is 17.3 Å². The molecule has 4 amide bonds. The number of carbonyl (C=O) groups excluding carboxylic acids is 4. The summed E-state index contributed by atoms with van der Waals surface area (Å²) in [6, 6.07) is 14.7. The van der Waals surface area contributed by atoms with E-state index in [4.69, 9.17) is 0 Å². The minimum absolute atomic E-state index is 0.185. The highest BCUT2D eigenvalue weighted by molar-refractivity contribution is 6.39. The van der Waals surface area contributed by atoms with Gasteiger partial charge in [-0.05, 0) is 24.3 Å². The van der Waals surface area contributed by atoms with Gasteiger partial charge in [-0.25, -0.2) is 9.69 Å². The number of barbiturate groups is 1. The number of hydrogen-bond donors (Lipinski definition) is 1. The molecular weight excluding hydrogens is 358 g/mol. The molecule has 138 valence electrons. The number of carbonyl (C=O) groups is 4. The number of imide groups is 2. The van der Waals surface area contributed by atoms with Gasteiger partial charge in [0.15, 0.2) is 0 Å². The van der Waals surface area contributed by atoms with Gasteiger partial charge in [-0.2, -0.15) is 0 Å². The Morgan fingerprint density at radius 3 is 2.36 bits per heavy atom. The van der Waals surface area contributed by atoms with Crippen LogP contribution in [0.15, 0.2) is 66.4 Å². The van der Waals surface area contributed by atoms with Crippen molar-refractivity contribution in [1.82, 2.24) is 9.88 Å². The number of aromatic nitrogens is 1. The molecule has 0 atom stereocenters. The third kappa shape index (κ3) is 2.79. The van der Waals surface area contributed by atoms with Crippen molar-refractivity contribution in [3.05, 3.63) is 71.9 Å². The molecule has 1 aliphatic rings. The lowest BCUT2D eigenvalue weighted by atomic mass is 10.1. The van der Waals surface area contributed by atoms with Crippen LogP contribution in [0, 0.1) is 0 Å². The fourth-order valence-electron chi connectivity index (χ4n) is 3.21. The zero-order valence-corrected chi connectivity index (χ0v) is 14.9. The molecule has 3 aromatic rings. The van der Waals surface area contributed by atoms with Crippen LogP contribution in [0.25, 0.3) is 17.0 Å². The number of para-hydroxylation sites is 2. The van der Waals surface area contributed by atoms with Crippen LogP contribution in [0.5, 0.6) is 0 Å². The molecule has 1 aromatic heterocycles. The Labute approximate surface area is 159 Å². The van der Waals surface area contributed by atoms with E-state index in [2.05, 4.69) is 5.32 Å². The summed E-state index contributed by atoms with van der Waals surface area (Å²) in [7, 11) is 0. The third-order valence-electron chi connectivity index (χ3n) is 4.50. The number of nitrogens with one attached hydrogen (secondary N) is 1. The number of urea groups is 1. The van der Waals surface area contributed by atoms with Crippen LogP contribution >= 0.6 is 0 Å². The third-order valence-corrected chi connectivity index (χ3v) is 4.50. The summed E-state index contributed by atoms with van der Waals surface area (Å²) in [5.41, 5.74) is 1.37. The standard InChI is InChI=1S/C21H15N3O4/c1-13(25)23-12-14(16-9-5-6-10-18(16)23)11-17-19(26)22-21(28)24(20(17)27)15-7-3-2-4-8-15/h2-12H,1H3,(H,22,26,28)/b17-11-. The van der Waals surface area contributed by atoms with Crippen LogP contribution in [0.3, 0.4) is 0 Å². The second-order valence-corrected chi connectivity index (χ2v) is 6.28. The Bertz CT molecular complexity index is 1170. The van der Waals surface area contributed by atoms with Gasteiger partial charge in [0.2, 0.25) is 5.91 Å². The van der Waals surface area contributed by atoms with E-state index >= 15 is 0 Å². The summed E-state index contributed by atoms with van der Waals surface area (Å²) >= 11 is 0. The van der Waals surface area contributed by atoms with E-state index in [9.17, 15) is 19.2 Å². The van der Waals surface area contributed by atoms with E-state index in [0.29, 0.717) is 22.2 Å². The van der Waals surface area contributed by atoms with Crippen LogP contribution in [-0.4, -0.2) is 28.3 Å². The molecule has 0 spiro atoms. The highest BCUT2D eigenvalue weighted by Gasteiger charge is 2.36. The summed E-state index contributed by atoms with van der Waals surface area (Å²) in [5, 5.41) is 2.91. The fraction of sp³-hybridized carbons (Fsp3) is 0.0476. The fourth-order valence-corrected chi connectivity index (χ4v) is 3.21. The monoisotopic (exact) mass is 373 g/mol. The molecule has 1 aliphatic heterocycles. The van der Waals surface area contributed by atoms with E-state index in [-0.39, 0.29) is 11.5 Å². The van der Waals surface area contributed by atoms with Crippen LogP contribution in [0.4, 0.5) is 10.5 Å². The van der Waals surface area contributed by atoms with Crippen molar-refractivity contribution < 1.29 is 19.2 Å². The Kier molecular flexibility index (Phi) is 4.12. The van der Waals surface area contributed by atoms with Crippen molar-refractivity contribution in [3.63, 3.8) is 0 Å². The number of benzene rings is 2. The largest absolute Gasteiger partial charge is 0.335 e. The molecule has 2 heterocycles. The summed E-state index contributed by atoms with van der Waals surface area (Å²) in [5.74, 6) is -1.69. The lowest BCUT2D eigenvalue weighted by molar-refractivity contribution is -0.122. The molecule has 4 rings (SSSR count). The average molecular weight is 373 g/mol. The smallest absolute Gasteiger partial charge is 0.287 e. The SMILES string of the molecule is CC(=O)n1cc(/C=C2/C(=O)NC(=O)N(c3ccccc3)C2=O)c2ccccc21. The van der Waals surface area contributed by atoms with E-state index in [1.165, 1.54) is 17.6 Å². The van der Waals surface area contributed by atoms with E-state index in [1.54, 1.807) is 60.8 Å². The molecule has 28 heavy (non-hydrogen) atoms. The van der Waals surface area contributed by atoms with Crippen LogP contribution < -0.4 is 10.2 Å². The Hall–Kier alpha value is -4.00. The Morgan fingerprint density at radius 2 is 1.64 bits per heavy atom. The molecule has 0 bridgehead atoms. The quantitative estimate of drug-likeness (QED) is 0.552. The van der Waals surface area contributed by atoms with Crippen LogP contribution in [-0.2, 0) is 9.59 Å². The second-order valence-electron chi connectivity index (χ2n) is 6.28. The molecule has 0 aliphatic carbocycles. The Balaban J connectivity index is 1.84. The summed E-state index contributed by atoms with van der Waals surface area (Å²) in [6.45, 7) is 1.43. The lowest BCUT2D eigenvalue weighted by Crippen LogP contribution is -2.54. The van der Waals surface area contributed by atoms with Crippen molar-refractivity contribution in [2.75, 3.05) is 4.90 Å². The average Bonchev–Trinajstić information content (AvgIpc) is 3.05. The second kappa shape index (κ2) is 6.62. The molecule has 2 aromatic carbocycles. The first-order valence-electron chi connectivity index (χ1n) is 8.55. The summed E-state index contributed by atoms with van der Waals surface area (Å²) in [4.78, 5) is 50.3. The zero-order valence-electron chi connectivity index (χ0n) is 14.9. The first-order chi connectivity index (χ1) is 13.5. The van der Waals surface area contributed by atoms with Gasteiger partial charge in [-0.15, -0.1) is 0 Å². The number of amides is 4. The van der Waals surface area contributed by atoms with Gasteiger partial charge in [0.25, 0.3) is 11.8 Å². The number of hydrogen-bond acceptors (Lipinski definition) is 4. The van der Waals surface area contributed by atoms with Gasteiger partial charge >= 0.3 is 6.03 Å². The number of anilines is 1. The maximum Gasteiger partial charge on any atom is 0.335 e. The summed E-state index contributed by atoms with van der Waals surface area (Å²) < 4.78 is 1.45. The maximum absolute atomic E-state index is 12.9. The molecule has 1 N–H and O–H groups in total. The zero-order chi connectivity index (χ0) is 19.8. The molecule has 1 saturated heterocycles. The van der Waals surface area contributed by atoms with Crippen molar-refractivity contribution in [3.8, 4) is 0 Å². The predicted octanol–water partition coefficient (Wildman–Crippen LogP) is 2.97. The van der Waals surface area contributed by atoms with Gasteiger partial charge in [0, 0.05) is 24.1 Å². The number of rotatable bonds is 2. The van der Waals surface area contributed by atoms with Crippen molar-refractivity contribution in [1.29, 1.82) is 0 Å². The summed E-state index contributed by atoms with van der Waals surface area (Å²) in [6.07, 6.45) is 2.98. The van der Waals surface area contributed by atoms with Gasteiger partial charge in [-0.3, -0.25) is 24.3 Å². The maximum atomic E-state index is 12.9. The van der Waals surface area contributed by atoms with Gasteiger partial charge in [0.1, 0.15) is 5.57 Å². The Morgan fingerprint density at radius 1 is 0.964 bits per heavy atom. The molecule has 0 saturated carbocycles. The molecule has 1 fully saturated rings. The highest BCUT2D eigenvalue weighted by atomic mass is 16.2. The van der Waals surface area contributed by atoms with E-state index < -0.39 is 17.8 Å². The molecule has 7 heteroatoms. The van der Waals surface area contributed by atoms with Crippen LogP contribution in [0.2, 0.25) is 0 Å². The van der Waals surface area contributed by atoms with Gasteiger partial charge in [0.05, 0.1) is 11.2 Å². The van der Waals surface area contributed by atoms with Gasteiger partial charge in [-0.1, -0.05) is 36.4 Å². The molecular formula is C21H15N3O4. The lowest BCUT2D eigenvalue weighted by Gasteiger charge is -2.26. The van der Waals surface area contributed by atoms with Gasteiger partial charge < -0.3 is 0 Å². The van der Waals surface area contributed by atoms with Crippen molar-refractivity contribution >= 4 is 46.4 Å². The van der Waals surface area contributed by atoms with E-state index in [0.717, 1.165) is 4.90 Å². The molecule has 0 radical (unpaired) electrons. The topological polar surface area (TPSA) is 88.5 Å². The van der Waals surface area contributed by atoms with E-state index in [1.807, 2.05) is 0 Å². The van der Waals surface area contributed by atoms with Crippen molar-refractivity contribution in [2.24, 2.45) is 0 Å². The predicted molar refractivity (Wildman–Crippen MR) is 104 cm³/mol. The first kappa shape index (κ1) is 17.4. The molecule has 7 nitrogen and oxygen atoms in total. The minimum Gasteiger partial charge on any atom is -0.287 e. The first-order valence-corrected chi connectivity index (χ1v) is 8.55. The number of nitrogens with zero attached hydrogens (tertiary/aromatic N) is 2. The minimum atomic E-state index is -0.801. The highest BCUT2D eigenvalue weighted by Crippen LogP contribution is 2.26. The normalized spacial score (nSPS) is 16.0. The molecule has 0 unspecified atom stereocenters. The van der Waals surface area contributed by atoms with Crippen molar-refractivity contribution in [2.45, 2.75) is 6.92 Å².